The summed E-state index contributed by atoms with van der Waals surface area (Å²) in [6.45, 7) is -1.65. The number of nitrogens with zero attached hydrogens (tertiary/aromatic N) is 5. The van der Waals surface area contributed by atoms with Gasteiger partial charge in [-0.15, -0.1) is 18.3 Å². The molecule has 1 aliphatic heterocycles. The molecule has 1 saturated heterocycles. The van der Waals surface area contributed by atoms with E-state index in [1.54, 1.807) is 0 Å². The number of ether oxygens (including phenoxy) is 3. The van der Waals surface area contributed by atoms with Gasteiger partial charge in [0.2, 0.25) is 5.91 Å². The van der Waals surface area contributed by atoms with E-state index in [1.807, 2.05) is 0 Å². The molecule has 3 aromatic carbocycles. The molecule has 2 heterocycles. The molecule has 47 heavy (non-hydrogen) atoms. The van der Waals surface area contributed by atoms with Crippen molar-refractivity contribution in [1.82, 2.24) is 14.8 Å². The van der Waals surface area contributed by atoms with Crippen molar-refractivity contribution in [3.05, 3.63) is 72.8 Å². The number of carbonyl (C=O) groups excluding carboxylic acids is 2. The van der Waals surface area contributed by atoms with Crippen LogP contribution >= 0.6 is 11.8 Å². The molecular weight excluding hydrogens is 665 g/mol. The number of anilines is 2. The van der Waals surface area contributed by atoms with Gasteiger partial charge in [-0.25, -0.2) is 18.9 Å². The van der Waals surface area contributed by atoms with Gasteiger partial charge in [-0.3, -0.25) is 9.69 Å². The lowest BCUT2D eigenvalue weighted by molar-refractivity contribution is -0.274. The summed E-state index contributed by atoms with van der Waals surface area (Å²) < 4.78 is 106. The summed E-state index contributed by atoms with van der Waals surface area (Å²) in [6.07, 6.45) is -8.26. The van der Waals surface area contributed by atoms with Crippen molar-refractivity contribution in [1.29, 1.82) is 0 Å². The summed E-state index contributed by atoms with van der Waals surface area (Å²) in [6, 6.07) is 11.0. The van der Waals surface area contributed by atoms with Crippen molar-refractivity contribution in [3.8, 4) is 34.3 Å². The van der Waals surface area contributed by atoms with Crippen LogP contribution in [-0.4, -0.2) is 63.9 Å². The fourth-order valence-electron chi connectivity index (χ4n) is 4.07. The Labute approximate surface area is 263 Å². The predicted molar refractivity (Wildman–Crippen MR) is 154 cm³/mol. The fourth-order valence-corrected chi connectivity index (χ4v) is 4.93. The number of amides is 3. The molecule has 3 amide bonds. The third-order valence-electron chi connectivity index (χ3n) is 6.06. The summed E-state index contributed by atoms with van der Waals surface area (Å²) in [5.41, 5.74) is 0.0737. The molecule has 0 atom stereocenters. The van der Waals surface area contributed by atoms with Gasteiger partial charge in [0.05, 0.1) is 29.9 Å². The molecule has 5 rings (SSSR count). The SMILES string of the molecule is COc1ccc(OCC(F)(F)F)c(N2C(=O)CS/C2=N\C(=O)Nc2ccc(-c3ncn(-c4ccc(OC(F)(F)F)cc4)n3)cc2F)c1. The van der Waals surface area contributed by atoms with Gasteiger partial charge in [0.15, 0.2) is 17.6 Å². The summed E-state index contributed by atoms with van der Waals surface area (Å²) in [5, 5.41) is 6.23. The Kier molecular flexibility index (Phi) is 9.27. The number of rotatable bonds is 8. The quantitative estimate of drug-likeness (QED) is 0.207. The summed E-state index contributed by atoms with van der Waals surface area (Å²) in [5.74, 6) is -2.24. The lowest BCUT2D eigenvalue weighted by Gasteiger charge is -2.21. The van der Waals surface area contributed by atoms with Gasteiger partial charge >= 0.3 is 18.6 Å². The van der Waals surface area contributed by atoms with Crippen LogP contribution in [0.4, 0.5) is 46.9 Å². The molecule has 1 N–H and O–H groups in total. The van der Waals surface area contributed by atoms with Crippen LogP contribution < -0.4 is 24.4 Å². The Hall–Kier alpha value is -5.33. The Morgan fingerprint density at radius 1 is 1.02 bits per heavy atom. The van der Waals surface area contributed by atoms with Gasteiger partial charge in [-0.1, -0.05) is 11.8 Å². The number of urea groups is 1. The van der Waals surface area contributed by atoms with Crippen molar-refractivity contribution in [3.63, 3.8) is 0 Å². The number of methoxy groups -OCH3 is 1. The number of carbonyl (C=O) groups is 2. The number of aromatic nitrogens is 3. The van der Waals surface area contributed by atoms with Crippen LogP contribution in [0, 0.1) is 5.82 Å². The van der Waals surface area contributed by atoms with Crippen LogP contribution in [0.25, 0.3) is 17.1 Å². The number of amidine groups is 1. The molecule has 19 heteroatoms. The maximum Gasteiger partial charge on any atom is 0.573 e. The highest BCUT2D eigenvalue weighted by molar-refractivity contribution is 8.15. The van der Waals surface area contributed by atoms with Crippen molar-refractivity contribution < 1.29 is 54.5 Å². The normalized spacial score (nSPS) is 14.4. The number of hydrogen-bond acceptors (Lipinski definition) is 8. The zero-order valence-corrected chi connectivity index (χ0v) is 24.4. The van der Waals surface area contributed by atoms with Gasteiger partial charge in [-0.2, -0.15) is 18.2 Å². The second kappa shape index (κ2) is 13.2. The molecule has 11 nitrogen and oxygen atoms in total. The topological polar surface area (TPSA) is 120 Å². The highest BCUT2D eigenvalue weighted by Crippen LogP contribution is 2.38. The molecule has 0 bridgehead atoms. The second-order valence-corrected chi connectivity index (χ2v) is 10.3. The van der Waals surface area contributed by atoms with Crippen LogP contribution in [0.1, 0.15) is 0 Å². The highest BCUT2D eigenvalue weighted by Gasteiger charge is 2.35. The lowest BCUT2D eigenvalue weighted by atomic mass is 10.2. The first-order valence-corrected chi connectivity index (χ1v) is 14.0. The summed E-state index contributed by atoms with van der Waals surface area (Å²) in [7, 11) is 1.30. The first kappa shape index (κ1) is 33.0. The third kappa shape index (κ3) is 8.29. The average molecular weight is 685 g/mol. The second-order valence-electron chi connectivity index (χ2n) is 9.33. The molecular formula is C28H19F7N6O5S. The van der Waals surface area contributed by atoms with E-state index in [2.05, 4.69) is 25.1 Å². The van der Waals surface area contributed by atoms with Crippen LogP contribution in [0.3, 0.4) is 0 Å². The number of thioether (sulfide) groups is 1. The van der Waals surface area contributed by atoms with Crippen molar-refractivity contribution >= 4 is 40.2 Å². The van der Waals surface area contributed by atoms with Gasteiger partial charge < -0.3 is 19.5 Å². The third-order valence-corrected chi connectivity index (χ3v) is 6.98. The van der Waals surface area contributed by atoms with E-state index < -0.39 is 42.7 Å². The maximum absolute atomic E-state index is 15.0. The van der Waals surface area contributed by atoms with E-state index in [0.29, 0.717) is 5.69 Å². The molecule has 1 aromatic heterocycles. The first-order chi connectivity index (χ1) is 22.2. The van der Waals surface area contributed by atoms with Crippen LogP contribution in [-0.2, 0) is 4.79 Å². The Balaban J connectivity index is 1.31. The number of hydrogen-bond donors (Lipinski definition) is 1. The van der Waals surface area contributed by atoms with E-state index in [4.69, 9.17) is 9.47 Å². The molecule has 1 fully saturated rings. The fraction of sp³-hybridized carbons (Fsp3) is 0.179. The van der Waals surface area contributed by atoms with Gasteiger partial charge in [0.25, 0.3) is 0 Å². The Bertz CT molecular complexity index is 1830. The van der Waals surface area contributed by atoms with E-state index in [0.717, 1.165) is 34.9 Å². The molecule has 0 radical (unpaired) electrons. The van der Waals surface area contributed by atoms with Gasteiger partial charge in [-0.05, 0) is 54.6 Å². The minimum Gasteiger partial charge on any atom is -0.497 e. The smallest absolute Gasteiger partial charge is 0.497 e. The largest absolute Gasteiger partial charge is 0.573 e. The number of nitrogens with one attached hydrogen (secondary N) is 1. The van der Waals surface area contributed by atoms with Crippen LogP contribution in [0.5, 0.6) is 17.2 Å². The predicted octanol–water partition coefficient (Wildman–Crippen LogP) is 6.59. The van der Waals surface area contributed by atoms with Crippen molar-refractivity contribution in [2.24, 2.45) is 4.99 Å². The number of aliphatic imine (C=N–C) groups is 1. The highest BCUT2D eigenvalue weighted by atomic mass is 32.2. The number of halogens is 7. The molecule has 0 spiro atoms. The van der Waals surface area contributed by atoms with Crippen LogP contribution in [0.15, 0.2) is 72.0 Å². The number of alkyl halides is 6. The maximum atomic E-state index is 15.0. The molecule has 0 aliphatic carbocycles. The Morgan fingerprint density at radius 2 is 1.74 bits per heavy atom. The zero-order chi connectivity index (χ0) is 33.9. The van der Waals surface area contributed by atoms with E-state index in [-0.39, 0.29) is 45.2 Å². The van der Waals surface area contributed by atoms with E-state index >= 15 is 4.39 Å². The minimum atomic E-state index is -4.85. The number of benzene rings is 3. The van der Waals surface area contributed by atoms with E-state index in [1.165, 1.54) is 60.6 Å². The molecule has 246 valence electrons. The summed E-state index contributed by atoms with van der Waals surface area (Å²) >= 11 is 0.823. The van der Waals surface area contributed by atoms with Gasteiger partial charge in [0.1, 0.15) is 29.4 Å². The average Bonchev–Trinajstić information content (AvgIpc) is 3.63. The zero-order valence-electron chi connectivity index (χ0n) is 23.6. The first-order valence-electron chi connectivity index (χ1n) is 13.0. The van der Waals surface area contributed by atoms with Crippen molar-refractivity contribution in [2.45, 2.75) is 12.5 Å². The molecule has 1 aliphatic rings. The van der Waals surface area contributed by atoms with Crippen molar-refractivity contribution in [2.75, 3.05) is 29.7 Å². The van der Waals surface area contributed by atoms with Crippen LogP contribution in [0.2, 0.25) is 0 Å². The van der Waals surface area contributed by atoms with E-state index in [9.17, 15) is 35.9 Å². The summed E-state index contributed by atoms with van der Waals surface area (Å²) in [4.78, 5) is 34.3. The minimum absolute atomic E-state index is 0.0518. The molecule has 0 unspecified atom stereocenters. The lowest BCUT2D eigenvalue weighted by Crippen LogP contribution is -2.31. The van der Waals surface area contributed by atoms with Gasteiger partial charge in [0, 0.05) is 11.6 Å². The Morgan fingerprint density at radius 3 is 2.40 bits per heavy atom. The molecule has 4 aromatic rings. The monoisotopic (exact) mass is 684 g/mol. The molecule has 0 saturated carbocycles. The standard InChI is InChI=1S/C28H19F7N6O5S/c1-44-18-7-9-22(45-13-27(30,31)32)21(11-18)41-23(42)12-47-26(41)38-25(43)37-20-8-2-15(10-19(20)29)24-36-14-40(39-24)16-3-5-17(6-4-16)46-28(33,34)35/h2-11,14H,12-13H2,1H3,(H,37,43)/b38-26-.